The first-order valence-electron chi connectivity index (χ1n) is 7.45. The third kappa shape index (κ3) is 2.74. The number of carbonyl (C=O) groups is 1. The average Bonchev–Trinajstić information content (AvgIpc) is 3.09. The largest absolute Gasteiger partial charge is 0.381 e. The molecule has 1 aromatic rings. The van der Waals surface area contributed by atoms with Crippen molar-refractivity contribution in [1.82, 2.24) is 9.88 Å². The Kier molecular flexibility index (Phi) is 4.08. The quantitative estimate of drug-likeness (QED) is 0.841. The second-order valence-electron chi connectivity index (χ2n) is 5.88. The molecule has 0 radical (unpaired) electrons. The highest BCUT2D eigenvalue weighted by atomic mass is 32.1. The van der Waals surface area contributed by atoms with Gasteiger partial charge in [0.25, 0.3) is 0 Å². The normalized spacial score (nSPS) is 27.0. The molecule has 1 amide bonds. The van der Waals surface area contributed by atoms with Crippen molar-refractivity contribution in [2.45, 2.75) is 39.0 Å². The summed E-state index contributed by atoms with van der Waals surface area (Å²) in [5.74, 6) is 0.804. The highest BCUT2D eigenvalue weighted by Crippen LogP contribution is 2.32. The number of aryl methyl sites for hydroxylation is 2. The van der Waals surface area contributed by atoms with Crippen molar-refractivity contribution in [3.05, 3.63) is 15.6 Å². The molecule has 0 N–H and O–H groups in total. The van der Waals surface area contributed by atoms with Gasteiger partial charge in [-0.05, 0) is 33.1 Å². The highest BCUT2D eigenvalue weighted by molar-refractivity contribution is 7.11. The Hall–Kier alpha value is -0.940. The van der Waals surface area contributed by atoms with Crippen molar-refractivity contribution in [2.24, 2.45) is 5.92 Å². The lowest BCUT2D eigenvalue weighted by molar-refractivity contribution is -0.136. The summed E-state index contributed by atoms with van der Waals surface area (Å²) in [5.41, 5.74) is 1.14. The second-order valence-corrected chi connectivity index (χ2v) is 7.11. The van der Waals surface area contributed by atoms with Gasteiger partial charge in [-0.3, -0.25) is 4.79 Å². The molecule has 2 aliphatic heterocycles. The van der Waals surface area contributed by atoms with E-state index in [1.807, 2.05) is 4.90 Å². The van der Waals surface area contributed by atoms with Crippen LogP contribution >= 0.6 is 11.3 Å². The fourth-order valence-corrected chi connectivity index (χ4v) is 4.09. The van der Waals surface area contributed by atoms with Gasteiger partial charge >= 0.3 is 0 Å². The number of thiazole rings is 1. The predicted octanol–water partition coefficient (Wildman–Crippen LogP) is 2.50. The zero-order valence-electron chi connectivity index (χ0n) is 12.2. The van der Waals surface area contributed by atoms with Gasteiger partial charge in [-0.15, -0.1) is 11.3 Å². The van der Waals surface area contributed by atoms with Gasteiger partial charge in [0.15, 0.2) is 0 Å². The molecule has 4 nitrogen and oxygen atoms in total. The standard InChI is InChI=1S/C15H22N2O2S/c1-10-11(2)20-14(16-10)12-4-3-6-17(8-12)15(18)13-5-7-19-9-13/h12-13H,3-9H2,1-2H3/t12-,13+/m1/s1. The maximum Gasteiger partial charge on any atom is 0.228 e. The van der Waals surface area contributed by atoms with Crippen molar-refractivity contribution < 1.29 is 9.53 Å². The molecule has 2 aliphatic rings. The highest BCUT2D eigenvalue weighted by Gasteiger charge is 2.32. The monoisotopic (exact) mass is 294 g/mol. The Balaban J connectivity index is 1.68. The van der Waals surface area contributed by atoms with E-state index in [1.165, 1.54) is 9.88 Å². The molecule has 1 aromatic heterocycles. The molecule has 110 valence electrons. The molecule has 2 saturated heterocycles. The van der Waals surface area contributed by atoms with Crippen LogP contribution in [0.25, 0.3) is 0 Å². The van der Waals surface area contributed by atoms with Gasteiger partial charge in [-0.2, -0.15) is 0 Å². The predicted molar refractivity (Wildman–Crippen MR) is 79.1 cm³/mol. The van der Waals surface area contributed by atoms with E-state index in [1.54, 1.807) is 11.3 Å². The Bertz CT molecular complexity index is 475. The van der Waals surface area contributed by atoms with E-state index in [2.05, 4.69) is 18.8 Å². The number of nitrogens with zero attached hydrogens (tertiary/aromatic N) is 2. The van der Waals surface area contributed by atoms with E-state index in [-0.39, 0.29) is 11.8 Å². The van der Waals surface area contributed by atoms with Crippen LogP contribution in [0.3, 0.4) is 0 Å². The summed E-state index contributed by atoms with van der Waals surface area (Å²) >= 11 is 1.79. The smallest absolute Gasteiger partial charge is 0.228 e. The van der Waals surface area contributed by atoms with Gasteiger partial charge in [-0.25, -0.2) is 4.98 Å². The van der Waals surface area contributed by atoms with Gasteiger partial charge in [-0.1, -0.05) is 0 Å². The van der Waals surface area contributed by atoms with Crippen LogP contribution < -0.4 is 0 Å². The lowest BCUT2D eigenvalue weighted by atomic mass is 9.97. The molecule has 3 heterocycles. The van der Waals surface area contributed by atoms with E-state index in [0.717, 1.165) is 44.7 Å². The minimum absolute atomic E-state index is 0.0912. The van der Waals surface area contributed by atoms with Gasteiger partial charge in [0, 0.05) is 30.5 Å². The number of hydrogen-bond donors (Lipinski definition) is 0. The van der Waals surface area contributed by atoms with E-state index in [0.29, 0.717) is 12.5 Å². The molecule has 20 heavy (non-hydrogen) atoms. The lowest BCUT2D eigenvalue weighted by Crippen LogP contribution is -2.42. The minimum Gasteiger partial charge on any atom is -0.381 e. The number of hydrogen-bond acceptors (Lipinski definition) is 4. The molecule has 2 atom stereocenters. The maximum atomic E-state index is 12.5. The first-order chi connectivity index (χ1) is 9.65. The summed E-state index contributed by atoms with van der Waals surface area (Å²) < 4.78 is 5.34. The van der Waals surface area contributed by atoms with E-state index < -0.39 is 0 Å². The molecule has 5 heteroatoms. The number of rotatable bonds is 2. The van der Waals surface area contributed by atoms with Crippen LogP contribution in [0.15, 0.2) is 0 Å². The Morgan fingerprint density at radius 2 is 2.25 bits per heavy atom. The summed E-state index contributed by atoms with van der Waals surface area (Å²) in [5, 5.41) is 1.21. The summed E-state index contributed by atoms with van der Waals surface area (Å²) in [4.78, 5) is 20.5. The van der Waals surface area contributed by atoms with Crippen LogP contribution in [-0.4, -0.2) is 42.1 Å². The molecule has 2 fully saturated rings. The molecule has 0 aromatic carbocycles. The van der Waals surface area contributed by atoms with Gasteiger partial charge in [0.2, 0.25) is 5.91 Å². The zero-order valence-corrected chi connectivity index (χ0v) is 13.0. The molecular weight excluding hydrogens is 272 g/mol. The first kappa shape index (κ1) is 14.0. The van der Waals surface area contributed by atoms with Crippen molar-refractivity contribution in [3.8, 4) is 0 Å². The molecule has 0 unspecified atom stereocenters. The van der Waals surface area contributed by atoms with Crippen molar-refractivity contribution in [3.63, 3.8) is 0 Å². The van der Waals surface area contributed by atoms with E-state index in [9.17, 15) is 4.79 Å². The molecule has 0 bridgehead atoms. The summed E-state index contributed by atoms with van der Waals surface area (Å²) in [6.45, 7) is 7.26. The summed E-state index contributed by atoms with van der Waals surface area (Å²) in [7, 11) is 0. The molecule has 3 rings (SSSR count). The van der Waals surface area contributed by atoms with Crippen LogP contribution in [0.1, 0.15) is 40.8 Å². The van der Waals surface area contributed by atoms with Crippen molar-refractivity contribution >= 4 is 17.2 Å². The maximum absolute atomic E-state index is 12.5. The summed E-state index contributed by atoms with van der Waals surface area (Å²) in [6, 6.07) is 0. The Labute approximate surface area is 124 Å². The number of ether oxygens (including phenoxy) is 1. The topological polar surface area (TPSA) is 42.4 Å². The first-order valence-corrected chi connectivity index (χ1v) is 8.27. The van der Waals surface area contributed by atoms with Crippen molar-refractivity contribution in [2.75, 3.05) is 26.3 Å². The molecule has 0 aliphatic carbocycles. The number of aromatic nitrogens is 1. The Morgan fingerprint density at radius 3 is 2.90 bits per heavy atom. The number of amides is 1. The summed E-state index contributed by atoms with van der Waals surface area (Å²) in [6.07, 6.45) is 3.12. The average molecular weight is 294 g/mol. The van der Waals surface area contributed by atoms with Crippen LogP contribution in [0.2, 0.25) is 0 Å². The number of piperidine rings is 1. The second kappa shape index (κ2) is 5.82. The van der Waals surface area contributed by atoms with Crippen LogP contribution in [0, 0.1) is 19.8 Å². The number of likely N-dealkylation sites (tertiary alicyclic amines) is 1. The van der Waals surface area contributed by atoms with Gasteiger partial charge < -0.3 is 9.64 Å². The van der Waals surface area contributed by atoms with Crippen molar-refractivity contribution in [1.29, 1.82) is 0 Å². The fourth-order valence-electron chi connectivity index (χ4n) is 3.04. The molecular formula is C15H22N2O2S. The third-order valence-electron chi connectivity index (χ3n) is 4.41. The van der Waals surface area contributed by atoms with E-state index >= 15 is 0 Å². The SMILES string of the molecule is Cc1nc([C@@H]2CCCN(C(=O)[C@H]3CCOC3)C2)sc1C. The van der Waals surface area contributed by atoms with Crippen LogP contribution in [0.5, 0.6) is 0 Å². The third-order valence-corrected chi connectivity index (χ3v) is 5.64. The number of carbonyl (C=O) groups excluding carboxylic acids is 1. The lowest BCUT2D eigenvalue weighted by Gasteiger charge is -2.33. The van der Waals surface area contributed by atoms with Gasteiger partial charge in [0.1, 0.15) is 0 Å². The van der Waals surface area contributed by atoms with Gasteiger partial charge in [0.05, 0.1) is 23.2 Å². The molecule has 0 spiro atoms. The zero-order chi connectivity index (χ0) is 14.1. The van der Waals surface area contributed by atoms with E-state index in [4.69, 9.17) is 4.74 Å². The van der Waals surface area contributed by atoms with Crippen LogP contribution in [-0.2, 0) is 9.53 Å². The molecule has 0 saturated carbocycles. The minimum atomic E-state index is 0.0912. The van der Waals surface area contributed by atoms with Crippen LogP contribution in [0.4, 0.5) is 0 Å². The fraction of sp³-hybridized carbons (Fsp3) is 0.733. The Morgan fingerprint density at radius 1 is 1.40 bits per heavy atom.